The molecule has 1 saturated heterocycles. The number of aromatic nitrogens is 3. The summed E-state index contributed by atoms with van der Waals surface area (Å²) in [4.78, 5) is 17.5. The minimum Gasteiger partial charge on any atom is -0.492 e. The van der Waals surface area contributed by atoms with Crippen molar-refractivity contribution in [3.63, 3.8) is 0 Å². The van der Waals surface area contributed by atoms with Crippen molar-refractivity contribution in [1.29, 1.82) is 0 Å². The summed E-state index contributed by atoms with van der Waals surface area (Å²) in [6, 6.07) is 5.15. The molecule has 26 heavy (non-hydrogen) atoms. The maximum Gasteiger partial charge on any atom is 0.230 e. The fraction of sp³-hybridized carbons (Fsp3) is 0.471. The van der Waals surface area contributed by atoms with Crippen LogP contribution in [0.3, 0.4) is 0 Å². The second-order valence-electron chi connectivity index (χ2n) is 6.23. The predicted octanol–water partition coefficient (Wildman–Crippen LogP) is 2.52. The highest BCUT2D eigenvalue weighted by Crippen LogP contribution is 2.27. The topological polar surface area (TPSA) is 80.4 Å². The van der Waals surface area contributed by atoms with Crippen LogP contribution in [0.4, 0.5) is 11.9 Å². The lowest BCUT2D eigenvalue weighted by molar-refractivity contribution is 0.308. The standard InChI is InChI=1S/C17H22Cl2N6O/c1-24-6-8-25(9-7-24)17-22-15(21-16(20)23-17)3-2-10-26-14-11-12(18)4-5-13(14)19/h4-5,11H,2-3,6-10H2,1H3,(H2,20,21,22,23). The lowest BCUT2D eigenvalue weighted by atomic mass is 10.3. The number of ether oxygens (including phenoxy) is 1. The Morgan fingerprint density at radius 2 is 1.88 bits per heavy atom. The highest BCUT2D eigenvalue weighted by molar-refractivity contribution is 6.34. The van der Waals surface area contributed by atoms with Gasteiger partial charge >= 0.3 is 0 Å². The molecule has 9 heteroatoms. The molecule has 1 aliphatic heterocycles. The van der Waals surface area contributed by atoms with Crippen molar-refractivity contribution in [3.05, 3.63) is 34.1 Å². The molecule has 0 radical (unpaired) electrons. The Morgan fingerprint density at radius 1 is 1.12 bits per heavy atom. The van der Waals surface area contributed by atoms with E-state index in [-0.39, 0.29) is 5.95 Å². The predicted molar refractivity (Wildman–Crippen MR) is 104 cm³/mol. The first-order valence-corrected chi connectivity index (χ1v) is 9.28. The number of nitrogen functional groups attached to an aromatic ring is 1. The first kappa shape index (κ1) is 18.9. The fourth-order valence-corrected chi connectivity index (χ4v) is 3.02. The zero-order valence-corrected chi connectivity index (χ0v) is 16.2. The summed E-state index contributed by atoms with van der Waals surface area (Å²) in [7, 11) is 2.11. The molecule has 0 aliphatic carbocycles. The summed E-state index contributed by atoms with van der Waals surface area (Å²) in [6.07, 6.45) is 1.38. The van der Waals surface area contributed by atoms with Gasteiger partial charge in [-0.15, -0.1) is 0 Å². The van der Waals surface area contributed by atoms with Crippen LogP contribution >= 0.6 is 23.2 Å². The van der Waals surface area contributed by atoms with Crippen LogP contribution in [-0.2, 0) is 6.42 Å². The Kier molecular flexibility index (Phi) is 6.34. The van der Waals surface area contributed by atoms with Crippen molar-refractivity contribution in [2.45, 2.75) is 12.8 Å². The van der Waals surface area contributed by atoms with Gasteiger partial charge in [0.05, 0.1) is 11.6 Å². The van der Waals surface area contributed by atoms with E-state index >= 15 is 0 Å². The molecule has 0 atom stereocenters. The van der Waals surface area contributed by atoms with E-state index in [0.29, 0.717) is 40.6 Å². The van der Waals surface area contributed by atoms with E-state index < -0.39 is 0 Å². The van der Waals surface area contributed by atoms with E-state index in [2.05, 4.69) is 31.8 Å². The van der Waals surface area contributed by atoms with Crippen molar-refractivity contribution in [2.75, 3.05) is 50.5 Å². The summed E-state index contributed by atoms with van der Waals surface area (Å²) in [5.41, 5.74) is 5.86. The van der Waals surface area contributed by atoms with Crippen LogP contribution in [0.1, 0.15) is 12.2 Å². The fourth-order valence-electron chi connectivity index (χ4n) is 2.69. The van der Waals surface area contributed by atoms with E-state index in [4.69, 9.17) is 33.7 Å². The Labute approximate surface area is 163 Å². The van der Waals surface area contributed by atoms with E-state index in [1.807, 2.05) is 0 Å². The van der Waals surface area contributed by atoms with Crippen LogP contribution in [0.15, 0.2) is 18.2 Å². The van der Waals surface area contributed by atoms with E-state index in [1.165, 1.54) is 0 Å². The molecule has 2 N–H and O–H groups in total. The molecule has 0 spiro atoms. The molecule has 1 aromatic heterocycles. The van der Waals surface area contributed by atoms with Gasteiger partial charge < -0.3 is 20.3 Å². The van der Waals surface area contributed by atoms with Crippen molar-refractivity contribution >= 4 is 35.1 Å². The third-order valence-electron chi connectivity index (χ3n) is 4.17. The minimum absolute atomic E-state index is 0.253. The zero-order chi connectivity index (χ0) is 18.5. The smallest absolute Gasteiger partial charge is 0.230 e. The summed E-state index contributed by atoms with van der Waals surface area (Å²) in [5, 5.41) is 1.13. The van der Waals surface area contributed by atoms with E-state index in [1.54, 1.807) is 18.2 Å². The highest BCUT2D eigenvalue weighted by Gasteiger charge is 2.18. The number of nitrogens with zero attached hydrogens (tertiary/aromatic N) is 5. The summed E-state index contributed by atoms with van der Waals surface area (Å²) >= 11 is 12.0. The van der Waals surface area contributed by atoms with Crippen molar-refractivity contribution in [1.82, 2.24) is 19.9 Å². The van der Waals surface area contributed by atoms with Gasteiger partial charge in [-0.25, -0.2) is 0 Å². The third kappa shape index (κ3) is 5.09. The number of aryl methyl sites for hydroxylation is 1. The number of rotatable bonds is 6. The molecule has 0 unspecified atom stereocenters. The number of likely N-dealkylation sites (N-methyl/N-ethyl adjacent to an activating group) is 1. The average Bonchev–Trinajstić information content (AvgIpc) is 2.61. The first-order valence-electron chi connectivity index (χ1n) is 8.53. The van der Waals surface area contributed by atoms with Crippen LogP contribution in [0.5, 0.6) is 5.75 Å². The van der Waals surface area contributed by atoms with Gasteiger partial charge in [0.2, 0.25) is 11.9 Å². The van der Waals surface area contributed by atoms with Gasteiger partial charge in [-0.2, -0.15) is 15.0 Å². The molecule has 1 aliphatic rings. The first-order chi connectivity index (χ1) is 12.5. The molecular weight excluding hydrogens is 375 g/mol. The second-order valence-corrected chi connectivity index (χ2v) is 7.07. The molecule has 1 fully saturated rings. The Hall–Kier alpha value is -1.83. The molecule has 0 saturated carbocycles. The maximum absolute atomic E-state index is 6.09. The van der Waals surface area contributed by atoms with Crippen molar-refractivity contribution in [3.8, 4) is 5.75 Å². The quantitative estimate of drug-likeness (QED) is 0.751. The van der Waals surface area contributed by atoms with Gasteiger partial charge in [0.1, 0.15) is 11.6 Å². The largest absolute Gasteiger partial charge is 0.492 e. The van der Waals surface area contributed by atoms with Gasteiger partial charge in [0.15, 0.2) is 0 Å². The monoisotopic (exact) mass is 396 g/mol. The number of benzene rings is 1. The molecule has 2 aromatic rings. The molecule has 1 aromatic carbocycles. The second kappa shape index (κ2) is 8.70. The molecule has 3 rings (SSSR count). The van der Waals surface area contributed by atoms with Gasteiger partial charge in [-0.1, -0.05) is 23.2 Å². The normalized spacial score (nSPS) is 15.3. The third-order valence-corrected chi connectivity index (χ3v) is 4.72. The number of anilines is 2. The molecule has 140 valence electrons. The van der Waals surface area contributed by atoms with Crippen molar-refractivity contribution < 1.29 is 4.74 Å². The average molecular weight is 397 g/mol. The highest BCUT2D eigenvalue weighted by atomic mass is 35.5. The van der Waals surface area contributed by atoms with Gasteiger partial charge in [-0.05, 0) is 25.6 Å². The number of hydrogen-bond acceptors (Lipinski definition) is 7. The van der Waals surface area contributed by atoms with Crippen LogP contribution in [-0.4, -0.2) is 59.7 Å². The lowest BCUT2D eigenvalue weighted by Crippen LogP contribution is -2.45. The van der Waals surface area contributed by atoms with Crippen molar-refractivity contribution in [2.24, 2.45) is 0 Å². The molecular formula is C17H22Cl2N6O. The number of nitrogens with two attached hydrogens (primary N) is 1. The summed E-state index contributed by atoms with van der Waals surface area (Å²) < 4.78 is 5.69. The zero-order valence-electron chi connectivity index (χ0n) is 14.7. The number of hydrogen-bond donors (Lipinski definition) is 1. The summed E-state index contributed by atoms with van der Waals surface area (Å²) in [6.45, 7) is 4.21. The Balaban J connectivity index is 1.55. The number of piperazine rings is 1. The molecule has 7 nitrogen and oxygen atoms in total. The van der Waals surface area contributed by atoms with Gasteiger partial charge in [0, 0.05) is 43.7 Å². The molecule has 0 bridgehead atoms. The summed E-state index contributed by atoms with van der Waals surface area (Å²) in [5.74, 6) is 2.15. The SMILES string of the molecule is CN1CCN(c2nc(N)nc(CCCOc3cc(Cl)ccc3Cl)n2)CC1. The number of halogens is 2. The van der Waals surface area contributed by atoms with Crippen LogP contribution in [0.25, 0.3) is 0 Å². The Morgan fingerprint density at radius 3 is 2.65 bits per heavy atom. The van der Waals surface area contributed by atoms with Gasteiger partial charge in [0.25, 0.3) is 0 Å². The van der Waals surface area contributed by atoms with E-state index in [9.17, 15) is 0 Å². The Bertz CT molecular complexity index is 752. The maximum atomic E-state index is 6.09. The van der Waals surface area contributed by atoms with Crippen LogP contribution in [0.2, 0.25) is 10.0 Å². The van der Waals surface area contributed by atoms with E-state index in [0.717, 1.165) is 32.6 Å². The van der Waals surface area contributed by atoms with Crippen LogP contribution in [0, 0.1) is 0 Å². The van der Waals surface area contributed by atoms with Crippen LogP contribution < -0.4 is 15.4 Å². The molecule has 0 amide bonds. The molecule has 2 heterocycles. The lowest BCUT2D eigenvalue weighted by Gasteiger charge is -2.32. The minimum atomic E-state index is 0.253. The van der Waals surface area contributed by atoms with Gasteiger partial charge in [-0.3, -0.25) is 0 Å².